The maximum atomic E-state index is 11.9. The monoisotopic (exact) mass is 417 g/mol. The molecular formula is C12H14Cl3N3O5S. The van der Waals surface area contributed by atoms with E-state index in [9.17, 15) is 9.59 Å². The SMILES string of the molecule is CCON=C(C(=O)OCC)c1csc(NC(=O)OC(Cl)C(Cl)Cl)n1. The first-order valence-corrected chi connectivity index (χ1v) is 8.80. The van der Waals surface area contributed by atoms with Gasteiger partial charge in [0.05, 0.1) is 6.61 Å². The molecule has 1 heterocycles. The summed E-state index contributed by atoms with van der Waals surface area (Å²) in [5, 5.41) is 7.65. The zero-order valence-electron chi connectivity index (χ0n) is 12.6. The first-order chi connectivity index (χ1) is 11.4. The van der Waals surface area contributed by atoms with Crippen LogP contribution < -0.4 is 5.32 Å². The van der Waals surface area contributed by atoms with Crippen molar-refractivity contribution in [3.63, 3.8) is 0 Å². The molecule has 24 heavy (non-hydrogen) atoms. The van der Waals surface area contributed by atoms with Crippen molar-refractivity contribution in [2.75, 3.05) is 18.5 Å². The minimum absolute atomic E-state index is 0.117. The van der Waals surface area contributed by atoms with E-state index in [1.165, 1.54) is 5.38 Å². The van der Waals surface area contributed by atoms with Crippen LogP contribution in [0, 0.1) is 0 Å². The van der Waals surface area contributed by atoms with Crippen molar-refractivity contribution < 1.29 is 23.9 Å². The average molecular weight is 419 g/mol. The van der Waals surface area contributed by atoms with Crippen LogP contribution in [0.15, 0.2) is 10.5 Å². The van der Waals surface area contributed by atoms with Crippen LogP contribution in [0.25, 0.3) is 0 Å². The molecule has 1 unspecified atom stereocenters. The Kier molecular flexibility index (Phi) is 9.12. The van der Waals surface area contributed by atoms with Crippen molar-refractivity contribution in [2.45, 2.75) is 24.2 Å². The third-order valence-corrected chi connectivity index (χ3v) is 3.94. The van der Waals surface area contributed by atoms with Gasteiger partial charge in [-0.25, -0.2) is 14.6 Å². The quantitative estimate of drug-likeness (QED) is 0.301. The second-order valence-electron chi connectivity index (χ2n) is 3.83. The number of oxime groups is 1. The second-order valence-corrected chi connectivity index (χ2v) is 6.28. The third kappa shape index (κ3) is 6.68. The molecular weight excluding hydrogens is 405 g/mol. The molecule has 134 valence electrons. The number of carbonyl (C=O) groups excluding carboxylic acids is 2. The van der Waals surface area contributed by atoms with Gasteiger partial charge >= 0.3 is 12.1 Å². The fraction of sp³-hybridized carbons (Fsp3) is 0.500. The number of thiazole rings is 1. The Balaban J connectivity index is 2.81. The summed E-state index contributed by atoms with van der Waals surface area (Å²) >= 11 is 17.6. The van der Waals surface area contributed by atoms with Crippen molar-refractivity contribution in [2.24, 2.45) is 5.16 Å². The number of ether oxygens (including phenoxy) is 2. The van der Waals surface area contributed by atoms with Crippen molar-refractivity contribution in [1.29, 1.82) is 0 Å². The van der Waals surface area contributed by atoms with Gasteiger partial charge in [-0.1, -0.05) is 40.0 Å². The van der Waals surface area contributed by atoms with Crippen LogP contribution in [0.1, 0.15) is 19.5 Å². The Morgan fingerprint density at radius 1 is 1.33 bits per heavy atom. The number of nitrogens with one attached hydrogen (secondary N) is 1. The molecule has 1 rings (SSSR count). The van der Waals surface area contributed by atoms with Gasteiger partial charge in [0, 0.05) is 5.38 Å². The van der Waals surface area contributed by atoms with E-state index in [-0.39, 0.29) is 29.8 Å². The number of rotatable bonds is 8. The maximum absolute atomic E-state index is 11.9. The normalized spacial score (nSPS) is 12.7. The Bertz CT molecular complexity index is 596. The van der Waals surface area contributed by atoms with Gasteiger partial charge in [0.1, 0.15) is 12.3 Å². The number of aromatic nitrogens is 1. The van der Waals surface area contributed by atoms with E-state index in [1.54, 1.807) is 13.8 Å². The van der Waals surface area contributed by atoms with E-state index in [2.05, 4.69) is 15.5 Å². The highest BCUT2D eigenvalue weighted by Crippen LogP contribution is 2.19. The Morgan fingerprint density at radius 3 is 2.62 bits per heavy atom. The fourth-order valence-corrected chi connectivity index (χ4v) is 2.09. The Hall–Kier alpha value is -1.29. The third-order valence-electron chi connectivity index (χ3n) is 2.13. The lowest BCUT2D eigenvalue weighted by Gasteiger charge is -2.11. The number of carbonyl (C=O) groups is 2. The molecule has 0 aliphatic rings. The van der Waals surface area contributed by atoms with Gasteiger partial charge in [-0.3, -0.25) is 5.32 Å². The molecule has 8 nitrogen and oxygen atoms in total. The number of alkyl halides is 3. The average Bonchev–Trinajstić information content (AvgIpc) is 2.95. The smallest absolute Gasteiger partial charge is 0.415 e. The fourth-order valence-electron chi connectivity index (χ4n) is 1.23. The van der Waals surface area contributed by atoms with E-state index >= 15 is 0 Å². The summed E-state index contributed by atoms with van der Waals surface area (Å²) in [6.07, 6.45) is -0.901. The molecule has 0 bridgehead atoms. The number of hydrogen-bond acceptors (Lipinski definition) is 8. The number of anilines is 1. The van der Waals surface area contributed by atoms with Crippen LogP contribution in [0.4, 0.5) is 9.93 Å². The van der Waals surface area contributed by atoms with E-state index in [0.29, 0.717) is 0 Å². The van der Waals surface area contributed by atoms with Gasteiger partial charge in [0.15, 0.2) is 9.97 Å². The second kappa shape index (κ2) is 10.5. The van der Waals surface area contributed by atoms with Crippen molar-refractivity contribution >= 4 is 69.0 Å². The van der Waals surface area contributed by atoms with Crippen molar-refractivity contribution in [1.82, 2.24) is 4.98 Å². The lowest BCUT2D eigenvalue weighted by molar-refractivity contribution is -0.135. The lowest BCUT2D eigenvalue weighted by Crippen LogP contribution is -2.23. The van der Waals surface area contributed by atoms with Crippen molar-refractivity contribution in [3.8, 4) is 0 Å². The lowest BCUT2D eigenvalue weighted by atomic mass is 10.3. The molecule has 0 saturated heterocycles. The predicted octanol–water partition coefficient (Wildman–Crippen LogP) is 3.36. The van der Waals surface area contributed by atoms with E-state index in [1.807, 2.05) is 0 Å². The maximum Gasteiger partial charge on any atom is 0.415 e. The summed E-state index contributed by atoms with van der Waals surface area (Å²) in [5.74, 6) is -0.696. The van der Waals surface area contributed by atoms with Crippen LogP contribution in [-0.4, -0.2) is 46.4 Å². The molecule has 0 radical (unpaired) electrons. The van der Waals surface area contributed by atoms with Gasteiger partial charge in [-0.05, 0) is 13.8 Å². The molecule has 1 aromatic heterocycles. The molecule has 0 aliphatic heterocycles. The van der Waals surface area contributed by atoms with Crippen LogP contribution in [-0.2, 0) is 19.1 Å². The molecule has 0 aliphatic carbocycles. The van der Waals surface area contributed by atoms with Gasteiger partial charge in [0.25, 0.3) is 0 Å². The van der Waals surface area contributed by atoms with Crippen LogP contribution >= 0.6 is 46.1 Å². The number of esters is 1. The van der Waals surface area contributed by atoms with Crippen LogP contribution in [0.5, 0.6) is 0 Å². The predicted molar refractivity (Wildman–Crippen MR) is 92.1 cm³/mol. The molecule has 0 aromatic carbocycles. The number of halogens is 3. The minimum atomic E-state index is -1.22. The highest BCUT2D eigenvalue weighted by atomic mass is 35.5. The van der Waals surface area contributed by atoms with Gasteiger partial charge in [0.2, 0.25) is 11.3 Å². The molecule has 12 heteroatoms. The van der Waals surface area contributed by atoms with E-state index in [0.717, 1.165) is 11.3 Å². The summed E-state index contributed by atoms with van der Waals surface area (Å²) in [7, 11) is 0. The zero-order valence-corrected chi connectivity index (χ0v) is 15.7. The molecule has 1 aromatic rings. The highest BCUT2D eigenvalue weighted by Gasteiger charge is 2.22. The van der Waals surface area contributed by atoms with Crippen LogP contribution in [0.2, 0.25) is 0 Å². The summed E-state index contributed by atoms with van der Waals surface area (Å²) in [6, 6.07) is 0. The Morgan fingerprint density at radius 2 is 2.04 bits per heavy atom. The van der Waals surface area contributed by atoms with Gasteiger partial charge in [-0.2, -0.15) is 0 Å². The standard InChI is InChI=1S/C12H14Cl3N3O5S/c1-3-21-10(19)7(18-22-4-2)6-5-24-11(16-6)17-12(20)23-9(15)8(13)14/h5,8-9H,3-4H2,1-2H3,(H,16,17,20). The van der Waals surface area contributed by atoms with Gasteiger partial charge in [-0.15, -0.1) is 11.3 Å². The topological polar surface area (TPSA) is 99.1 Å². The molecule has 1 N–H and O–H groups in total. The molecule has 0 saturated carbocycles. The molecule has 0 fully saturated rings. The van der Waals surface area contributed by atoms with Gasteiger partial charge < -0.3 is 14.3 Å². The first kappa shape index (κ1) is 20.8. The summed E-state index contributed by atoms with van der Waals surface area (Å²) in [4.78, 5) is 31.3. The molecule has 1 atom stereocenters. The number of amides is 1. The minimum Gasteiger partial charge on any atom is -0.461 e. The van der Waals surface area contributed by atoms with Crippen LogP contribution in [0.3, 0.4) is 0 Å². The van der Waals surface area contributed by atoms with Crippen molar-refractivity contribution in [3.05, 3.63) is 11.1 Å². The number of hydrogen-bond donors (Lipinski definition) is 1. The Labute approximate surface area is 157 Å². The largest absolute Gasteiger partial charge is 0.461 e. The van der Waals surface area contributed by atoms with E-state index in [4.69, 9.17) is 49.1 Å². The van der Waals surface area contributed by atoms with E-state index < -0.39 is 22.5 Å². The highest BCUT2D eigenvalue weighted by molar-refractivity contribution is 7.14. The summed E-state index contributed by atoms with van der Waals surface area (Å²) in [5.41, 5.74) is -1.16. The summed E-state index contributed by atoms with van der Waals surface area (Å²) in [6.45, 7) is 3.80. The number of nitrogens with zero attached hydrogens (tertiary/aromatic N) is 2. The molecule has 0 spiro atoms. The molecule has 1 amide bonds. The summed E-state index contributed by atoms with van der Waals surface area (Å²) < 4.78 is 9.59. The zero-order chi connectivity index (χ0) is 18.1. The first-order valence-electron chi connectivity index (χ1n) is 6.61.